The molecule has 0 saturated carbocycles. The molecule has 4 atom stereocenters. The highest BCUT2D eigenvalue weighted by molar-refractivity contribution is 5.13. The molecule has 1 aromatic carbocycles. The highest BCUT2D eigenvalue weighted by Crippen LogP contribution is 2.35. The van der Waals surface area contributed by atoms with Crippen LogP contribution in [0.1, 0.15) is 64.9 Å². The van der Waals surface area contributed by atoms with Crippen LogP contribution >= 0.6 is 0 Å². The van der Waals surface area contributed by atoms with Crippen molar-refractivity contribution in [1.82, 2.24) is 0 Å². The number of aliphatic hydroxyl groups is 2. The summed E-state index contributed by atoms with van der Waals surface area (Å²) < 4.78 is 18.5. The number of hydrogen-bond donors (Lipinski definition) is 2. The van der Waals surface area contributed by atoms with Gasteiger partial charge in [-0.1, -0.05) is 50.1 Å². The zero-order valence-corrected chi connectivity index (χ0v) is 17.0. The van der Waals surface area contributed by atoms with Crippen molar-refractivity contribution in [2.24, 2.45) is 0 Å². The van der Waals surface area contributed by atoms with Crippen molar-refractivity contribution in [1.29, 1.82) is 0 Å². The molecule has 2 rings (SSSR count). The fourth-order valence-corrected chi connectivity index (χ4v) is 3.56. The standard InChI is InChI=1S/C22H36O5/c1-4-5-14-19(25-16-17-11-7-6-8-12-17)21-20(26-22(2,3)27-21)18(24)13-9-10-15-23/h6-8,11-12,18-21,23-24H,4-5,9-10,13-16H2,1-3H3/t18-,19+,20-,21-/m1/s1. The van der Waals surface area contributed by atoms with E-state index < -0.39 is 18.0 Å². The smallest absolute Gasteiger partial charge is 0.164 e. The van der Waals surface area contributed by atoms with Crippen molar-refractivity contribution in [3.05, 3.63) is 35.9 Å². The molecule has 0 unspecified atom stereocenters. The van der Waals surface area contributed by atoms with Crippen LogP contribution in [0.3, 0.4) is 0 Å². The van der Waals surface area contributed by atoms with E-state index in [4.69, 9.17) is 19.3 Å². The molecule has 1 heterocycles. The van der Waals surface area contributed by atoms with E-state index in [1.54, 1.807) is 0 Å². The van der Waals surface area contributed by atoms with Gasteiger partial charge in [-0.2, -0.15) is 0 Å². The van der Waals surface area contributed by atoms with Crippen LogP contribution in [0, 0.1) is 0 Å². The molecule has 0 spiro atoms. The van der Waals surface area contributed by atoms with E-state index in [0.717, 1.165) is 31.2 Å². The van der Waals surface area contributed by atoms with Crippen LogP contribution in [0.25, 0.3) is 0 Å². The van der Waals surface area contributed by atoms with Gasteiger partial charge in [0.15, 0.2) is 5.79 Å². The van der Waals surface area contributed by atoms with Crippen LogP contribution in [-0.2, 0) is 20.8 Å². The van der Waals surface area contributed by atoms with Gasteiger partial charge >= 0.3 is 0 Å². The Morgan fingerprint density at radius 1 is 1.04 bits per heavy atom. The van der Waals surface area contributed by atoms with Crippen LogP contribution in [-0.4, -0.2) is 47.0 Å². The second kappa shape index (κ2) is 11.1. The third-order valence-corrected chi connectivity index (χ3v) is 4.97. The van der Waals surface area contributed by atoms with Gasteiger partial charge in [-0.05, 0) is 45.1 Å². The number of rotatable bonds is 12. The maximum absolute atomic E-state index is 10.7. The SMILES string of the molecule is CCCC[C@H](OCc1ccccc1)[C@H]1OC(C)(C)O[C@@H]1[C@H](O)CCCCO. The van der Waals surface area contributed by atoms with Gasteiger partial charge in [0.1, 0.15) is 12.2 Å². The lowest BCUT2D eigenvalue weighted by Gasteiger charge is -2.29. The van der Waals surface area contributed by atoms with Gasteiger partial charge in [-0.25, -0.2) is 0 Å². The molecule has 1 aromatic rings. The fraction of sp³-hybridized carbons (Fsp3) is 0.727. The van der Waals surface area contributed by atoms with Gasteiger partial charge in [0.2, 0.25) is 0 Å². The Morgan fingerprint density at radius 3 is 2.41 bits per heavy atom. The molecule has 27 heavy (non-hydrogen) atoms. The van der Waals surface area contributed by atoms with E-state index >= 15 is 0 Å². The van der Waals surface area contributed by atoms with Gasteiger partial charge in [0.25, 0.3) is 0 Å². The summed E-state index contributed by atoms with van der Waals surface area (Å²) in [4.78, 5) is 0. The largest absolute Gasteiger partial charge is 0.396 e. The molecule has 0 aliphatic carbocycles. The lowest BCUT2D eigenvalue weighted by atomic mass is 9.96. The summed E-state index contributed by atoms with van der Waals surface area (Å²) in [6.07, 6.45) is 3.51. The summed E-state index contributed by atoms with van der Waals surface area (Å²) in [5.74, 6) is -0.742. The van der Waals surface area contributed by atoms with E-state index in [-0.39, 0.29) is 18.8 Å². The normalized spacial score (nSPS) is 24.0. The monoisotopic (exact) mass is 380 g/mol. The molecular weight excluding hydrogens is 344 g/mol. The van der Waals surface area contributed by atoms with E-state index in [2.05, 4.69) is 6.92 Å². The quantitative estimate of drug-likeness (QED) is 0.540. The first kappa shape index (κ1) is 22.3. The summed E-state index contributed by atoms with van der Waals surface area (Å²) in [7, 11) is 0. The van der Waals surface area contributed by atoms with Crippen molar-refractivity contribution in [2.75, 3.05) is 6.61 Å². The molecule has 0 radical (unpaired) electrons. The maximum Gasteiger partial charge on any atom is 0.164 e. The van der Waals surface area contributed by atoms with Crippen LogP contribution in [0.15, 0.2) is 30.3 Å². The first-order valence-electron chi connectivity index (χ1n) is 10.3. The Labute approximate surface area is 163 Å². The lowest BCUT2D eigenvalue weighted by molar-refractivity contribution is -0.164. The van der Waals surface area contributed by atoms with Crippen LogP contribution in [0.5, 0.6) is 0 Å². The van der Waals surface area contributed by atoms with Crippen molar-refractivity contribution < 1.29 is 24.4 Å². The second-order valence-corrected chi connectivity index (χ2v) is 7.83. The van der Waals surface area contributed by atoms with E-state index in [1.807, 2.05) is 44.2 Å². The highest BCUT2D eigenvalue weighted by atomic mass is 16.8. The van der Waals surface area contributed by atoms with Crippen molar-refractivity contribution in [2.45, 2.75) is 96.1 Å². The number of aliphatic hydroxyl groups excluding tert-OH is 2. The third-order valence-electron chi connectivity index (χ3n) is 4.97. The third kappa shape index (κ3) is 7.16. The average Bonchev–Trinajstić information content (AvgIpc) is 2.98. The van der Waals surface area contributed by atoms with Gasteiger partial charge in [-0.3, -0.25) is 0 Å². The minimum Gasteiger partial charge on any atom is -0.396 e. The van der Waals surface area contributed by atoms with Crippen molar-refractivity contribution in [3.63, 3.8) is 0 Å². The minimum absolute atomic E-state index is 0.135. The molecule has 154 valence electrons. The molecular formula is C22H36O5. The number of benzene rings is 1. The number of unbranched alkanes of at least 4 members (excludes halogenated alkanes) is 2. The Kier molecular flexibility index (Phi) is 9.19. The zero-order chi connectivity index (χ0) is 19.7. The molecule has 5 nitrogen and oxygen atoms in total. The Balaban J connectivity index is 2.06. The van der Waals surface area contributed by atoms with E-state index in [1.165, 1.54) is 0 Å². The Morgan fingerprint density at radius 2 is 1.74 bits per heavy atom. The number of ether oxygens (including phenoxy) is 3. The summed E-state index contributed by atoms with van der Waals surface area (Å²) in [6.45, 7) is 6.58. The minimum atomic E-state index is -0.742. The molecule has 1 aliphatic heterocycles. The summed E-state index contributed by atoms with van der Waals surface area (Å²) in [5.41, 5.74) is 1.12. The summed E-state index contributed by atoms with van der Waals surface area (Å²) >= 11 is 0. The highest BCUT2D eigenvalue weighted by Gasteiger charge is 2.48. The van der Waals surface area contributed by atoms with Crippen LogP contribution < -0.4 is 0 Å². The van der Waals surface area contributed by atoms with Gasteiger partial charge in [0, 0.05) is 6.61 Å². The fourth-order valence-electron chi connectivity index (χ4n) is 3.56. The molecule has 0 amide bonds. The van der Waals surface area contributed by atoms with E-state index in [0.29, 0.717) is 19.4 Å². The molecule has 2 N–H and O–H groups in total. The molecule has 5 heteroatoms. The maximum atomic E-state index is 10.7. The summed E-state index contributed by atoms with van der Waals surface area (Å²) in [5, 5.41) is 19.7. The molecule has 0 bridgehead atoms. The average molecular weight is 381 g/mol. The van der Waals surface area contributed by atoms with Gasteiger partial charge in [0.05, 0.1) is 18.8 Å². The predicted octanol–water partition coefficient (Wildman–Crippen LogP) is 3.81. The topological polar surface area (TPSA) is 68.2 Å². The van der Waals surface area contributed by atoms with Gasteiger partial charge in [-0.15, -0.1) is 0 Å². The number of hydrogen-bond acceptors (Lipinski definition) is 5. The van der Waals surface area contributed by atoms with Crippen molar-refractivity contribution in [3.8, 4) is 0 Å². The first-order valence-corrected chi connectivity index (χ1v) is 10.3. The summed E-state index contributed by atoms with van der Waals surface area (Å²) in [6, 6.07) is 10.1. The second-order valence-electron chi connectivity index (χ2n) is 7.83. The molecule has 1 saturated heterocycles. The molecule has 0 aromatic heterocycles. The van der Waals surface area contributed by atoms with Crippen LogP contribution in [0.2, 0.25) is 0 Å². The van der Waals surface area contributed by atoms with E-state index in [9.17, 15) is 5.11 Å². The first-order chi connectivity index (χ1) is 13.0. The Bertz CT molecular complexity index is 519. The predicted molar refractivity (Wildman–Crippen MR) is 105 cm³/mol. The zero-order valence-electron chi connectivity index (χ0n) is 17.0. The van der Waals surface area contributed by atoms with Crippen molar-refractivity contribution >= 4 is 0 Å². The lowest BCUT2D eigenvalue weighted by Crippen LogP contribution is -2.43. The molecule has 1 aliphatic rings. The van der Waals surface area contributed by atoms with Gasteiger partial charge < -0.3 is 24.4 Å². The van der Waals surface area contributed by atoms with Crippen LogP contribution in [0.4, 0.5) is 0 Å². The Hall–Kier alpha value is -0.980. The molecule has 1 fully saturated rings.